The molecule has 1 aromatic heterocycles. The van der Waals surface area contributed by atoms with Gasteiger partial charge in [0.05, 0.1) is 12.0 Å². The Kier molecular flexibility index (Phi) is 9.21. The number of carbonyl (C=O) groups excluding carboxylic acids is 1. The molecule has 1 saturated heterocycles. The van der Waals surface area contributed by atoms with Crippen LogP contribution in [0.2, 0.25) is 0 Å². The zero-order valence-corrected chi connectivity index (χ0v) is 19.8. The van der Waals surface area contributed by atoms with Crippen LogP contribution in [-0.2, 0) is 10.0 Å². The molecule has 0 atom stereocenters. The van der Waals surface area contributed by atoms with Crippen molar-refractivity contribution in [3.05, 3.63) is 24.2 Å². The van der Waals surface area contributed by atoms with Gasteiger partial charge in [-0.05, 0) is 30.9 Å². The molecule has 3 rings (SSSR count). The number of guanidine groups is 1. The number of halogens is 1. The molecule has 9 nitrogen and oxygen atoms in total. The normalized spacial score (nSPS) is 18.2. The van der Waals surface area contributed by atoms with E-state index in [0.717, 1.165) is 12.8 Å². The second-order valence-corrected chi connectivity index (χ2v) is 9.12. The minimum Gasteiger partial charge on any atom is -0.459 e. The summed E-state index contributed by atoms with van der Waals surface area (Å²) < 4.78 is 32.0. The lowest BCUT2D eigenvalue weighted by molar-refractivity contribution is 0.0658. The summed E-state index contributed by atoms with van der Waals surface area (Å²) in [6, 6.07) is 3.36. The Morgan fingerprint density at radius 3 is 2.48 bits per heavy atom. The van der Waals surface area contributed by atoms with E-state index in [9.17, 15) is 13.2 Å². The van der Waals surface area contributed by atoms with E-state index >= 15 is 0 Å². The van der Waals surface area contributed by atoms with Crippen molar-refractivity contribution < 1.29 is 17.6 Å². The van der Waals surface area contributed by atoms with Crippen LogP contribution in [0.5, 0.6) is 0 Å². The van der Waals surface area contributed by atoms with Gasteiger partial charge in [0.1, 0.15) is 0 Å². The molecule has 29 heavy (non-hydrogen) atoms. The van der Waals surface area contributed by atoms with E-state index < -0.39 is 10.0 Å². The van der Waals surface area contributed by atoms with Gasteiger partial charge in [-0.25, -0.2) is 13.1 Å². The van der Waals surface area contributed by atoms with E-state index in [2.05, 4.69) is 15.0 Å². The van der Waals surface area contributed by atoms with Gasteiger partial charge in [-0.1, -0.05) is 6.42 Å². The molecule has 1 aliphatic heterocycles. The fraction of sp³-hybridized carbons (Fsp3) is 0.667. The maximum Gasteiger partial charge on any atom is 0.289 e. The predicted molar refractivity (Wildman–Crippen MR) is 122 cm³/mol. The summed E-state index contributed by atoms with van der Waals surface area (Å²) in [7, 11) is -1.61. The van der Waals surface area contributed by atoms with Crippen molar-refractivity contribution in [2.24, 2.45) is 10.9 Å². The highest BCUT2D eigenvalue weighted by atomic mass is 127. The largest absolute Gasteiger partial charge is 0.459 e. The number of piperazine rings is 1. The lowest BCUT2D eigenvalue weighted by Crippen LogP contribution is -2.54. The topological polar surface area (TPSA) is 107 Å². The van der Waals surface area contributed by atoms with E-state index in [1.165, 1.54) is 12.7 Å². The van der Waals surface area contributed by atoms with Crippen molar-refractivity contribution >= 4 is 45.9 Å². The number of aliphatic imine (C=N–C) groups is 1. The number of hydrogen-bond donors (Lipinski definition) is 2. The van der Waals surface area contributed by atoms with E-state index in [0.29, 0.717) is 50.4 Å². The molecule has 0 spiro atoms. The fourth-order valence-electron chi connectivity index (χ4n) is 3.32. The van der Waals surface area contributed by atoms with Gasteiger partial charge >= 0.3 is 0 Å². The Morgan fingerprint density at radius 2 is 1.93 bits per heavy atom. The number of furan rings is 1. The molecular formula is C18H30IN5O4S. The molecule has 1 saturated carbocycles. The smallest absolute Gasteiger partial charge is 0.289 e. The van der Waals surface area contributed by atoms with Crippen LogP contribution in [0.4, 0.5) is 0 Å². The maximum absolute atomic E-state index is 12.3. The third kappa shape index (κ3) is 6.85. The third-order valence-corrected chi connectivity index (χ3v) is 6.63. The first-order valence-electron chi connectivity index (χ1n) is 9.74. The van der Waals surface area contributed by atoms with E-state index in [4.69, 9.17) is 4.42 Å². The van der Waals surface area contributed by atoms with Crippen LogP contribution in [0.25, 0.3) is 0 Å². The van der Waals surface area contributed by atoms with Gasteiger partial charge in [0.25, 0.3) is 5.91 Å². The van der Waals surface area contributed by atoms with E-state index in [1.54, 1.807) is 24.1 Å². The zero-order chi connectivity index (χ0) is 20.0. The first-order valence-corrected chi connectivity index (χ1v) is 11.4. The van der Waals surface area contributed by atoms with Crippen LogP contribution in [0.3, 0.4) is 0 Å². The summed E-state index contributed by atoms with van der Waals surface area (Å²) in [6.07, 6.45) is 4.92. The summed E-state index contributed by atoms with van der Waals surface area (Å²) in [6.45, 7) is 3.20. The molecule has 1 aliphatic carbocycles. The molecule has 0 radical (unpaired) electrons. The average Bonchev–Trinajstić information content (AvgIpc) is 3.18. The average molecular weight is 539 g/mol. The minimum atomic E-state index is -3.28. The monoisotopic (exact) mass is 539 g/mol. The quantitative estimate of drug-likeness (QED) is 0.304. The standard InChI is InChI=1S/C18H29N5O4S.HI/c1-19-18(20-7-13-28(25,26)21-14-15-4-2-5-15)23-10-8-22(9-11-23)17(24)16-6-3-12-27-16;/h3,6,12,15,21H,2,4-5,7-11,13-14H2,1H3,(H,19,20);1H. The van der Waals surface area contributed by atoms with Crippen LogP contribution < -0.4 is 10.0 Å². The summed E-state index contributed by atoms with van der Waals surface area (Å²) in [4.78, 5) is 20.3. The van der Waals surface area contributed by atoms with Crippen LogP contribution in [-0.4, -0.2) is 82.2 Å². The molecule has 1 aromatic rings. The summed E-state index contributed by atoms with van der Waals surface area (Å²) in [5.41, 5.74) is 0. The Morgan fingerprint density at radius 1 is 1.24 bits per heavy atom. The van der Waals surface area contributed by atoms with E-state index in [-0.39, 0.29) is 42.2 Å². The molecule has 11 heteroatoms. The third-order valence-electron chi connectivity index (χ3n) is 5.28. The predicted octanol–water partition coefficient (Wildman–Crippen LogP) is 0.950. The lowest BCUT2D eigenvalue weighted by atomic mass is 9.86. The highest BCUT2D eigenvalue weighted by Gasteiger charge is 2.25. The Bertz CT molecular complexity index is 772. The first kappa shape index (κ1) is 23.9. The molecule has 0 unspecified atom stereocenters. The second kappa shape index (κ2) is 11.2. The van der Waals surface area contributed by atoms with Crippen molar-refractivity contribution in [3.8, 4) is 0 Å². The summed E-state index contributed by atoms with van der Waals surface area (Å²) in [5.74, 6) is 1.39. The van der Waals surface area contributed by atoms with Crippen LogP contribution in [0, 0.1) is 5.92 Å². The van der Waals surface area contributed by atoms with Gasteiger partial charge < -0.3 is 19.5 Å². The van der Waals surface area contributed by atoms with Crippen molar-refractivity contribution in [3.63, 3.8) is 0 Å². The van der Waals surface area contributed by atoms with Gasteiger partial charge in [0, 0.05) is 46.3 Å². The number of carbonyl (C=O) groups is 1. The van der Waals surface area contributed by atoms with E-state index in [1.807, 2.05) is 4.90 Å². The lowest BCUT2D eigenvalue weighted by Gasteiger charge is -2.36. The van der Waals surface area contributed by atoms with Gasteiger partial charge in [0.2, 0.25) is 10.0 Å². The molecule has 2 heterocycles. The molecule has 164 valence electrons. The number of sulfonamides is 1. The molecule has 0 aromatic carbocycles. The number of hydrogen-bond acceptors (Lipinski definition) is 5. The van der Waals surface area contributed by atoms with Crippen molar-refractivity contribution in [1.82, 2.24) is 19.8 Å². The molecule has 2 aliphatic rings. The van der Waals surface area contributed by atoms with Crippen LogP contribution in [0.1, 0.15) is 29.8 Å². The highest BCUT2D eigenvalue weighted by molar-refractivity contribution is 14.0. The van der Waals surface area contributed by atoms with Crippen molar-refractivity contribution in [1.29, 1.82) is 0 Å². The van der Waals surface area contributed by atoms with Gasteiger partial charge in [-0.15, -0.1) is 24.0 Å². The molecule has 2 N–H and O–H groups in total. The maximum atomic E-state index is 12.3. The Hall–Kier alpha value is -1.34. The van der Waals surface area contributed by atoms with Crippen molar-refractivity contribution in [2.45, 2.75) is 19.3 Å². The zero-order valence-electron chi connectivity index (χ0n) is 16.7. The van der Waals surface area contributed by atoms with Crippen LogP contribution >= 0.6 is 24.0 Å². The number of amides is 1. The Labute approximate surface area is 189 Å². The molecule has 2 fully saturated rings. The van der Waals surface area contributed by atoms with Gasteiger partial charge in [-0.3, -0.25) is 9.79 Å². The number of nitrogens with zero attached hydrogens (tertiary/aromatic N) is 3. The number of nitrogens with one attached hydrogen (secondary N) is 2. The first-order chi connectivity index (χ1) is 13.5. The second-order valence-electron chi connectivity index (χ2n) is 7.19. The molecular weight excluding hydrogens is 509 g/mol. The van der Waals surface area contributed by atoms with Gasteiger partial charge in [0.15, 0.2) is 11.7 Å². The summed E-state index contributed by atoms with van der Waals surface area (Å²) in [5, 5.41) is 3.12. The van der Waals surface area contributed by atoms with Crippen LogP contribution in [0.15, 0.2) is 27.8 Å². The highest BCUT2D eigenvalue weighted by Crippen LogP contribution is 2.25. The van der Waals surface area contributed by atoms with Crippen molar-refractivity contribution in [2.75, 3.05) is 52.1 Å². The minimum absolute atomic E-state index is 0. The van der Waals surface area contributed by atoms with Gasteiger partial charge in [-0.2, -0.15) is 0 Å². The molecule has 1 amide bonds. The molecule has 0 bridgehead atoms. The SMILES string of the molecule is CN=C(NCCS(=O)(=O)NCC1CCC1)N1CCN(C(=O)c2ccco2)CC1.I. The Balaban J connectivity index is 0.00000300. The fourth-order valence-corrected chi connectivity index (χ4v) is 4.33. The summed E-state index contributed by atoms with van der Waals surface area (Å²) >= 11 is 0. The number of rotatable bonds is 7.